The SMILES string of the molecule is CCCN(CCC(=O)CCCNC(C)=O)C(=O)CCN. The van der Waals surface area contributed by atoms with Crippen LogP contribution in [0.2, 0.25) is 0 Å². The van der Waals surface area contributed by atoms with Crippen LogP contribution in [0.4, 0.5) is 0 Å². The Bertz CT molecular complexity index is 319. The first-order valence-electron chi connectivity index (χ1n) is 7.25. The molecule has 0 aromatic heterocycles. The van der Waals surface area contributed by atoms with E-state index in [-0.39, 0.29) is 17.6 Å². The number of amides is 2. The lowest BCUT2D eigenvalue weighted by Gasteiger charge is -2.21. The first kappa shape index (κ1) is 18.6. The highest BCUT2D eigenvalue weighted by Gasteiger charge is 2.13. The second-order valence-electron chi connectivity index (χ2n) is 4.79. The van der Waals surface area contributed by atoms with Gasteiger partial charge in [0.2, 0.25) is 11.8 Å². The van der Waals surface area contributed by atoms with Gasteiger partial charge < -0.3 is 16.0 Å². The maximum Gasteiger partial charge on any atom is 0.223 e. The van der Waals surface area contributed by atoms with Crippen molar-refractivity contribution in [2.24, 2.45) is 5.73 Å². The number of nitrogens with one attached hydrogen (secondary N) is 1. The molecule has 0 spiro atoms. The van der Waals surface area contributed by atoms with Crippen molar-refractivity contribution < 1.29 is 14.4 Å². The van der Waals surface area contributed by atoms with Gasteiger partial charge in [-0.1, -0.05) is 6.92 Å². The van der Waals surface area contributed by atoms with E-state index < -0.39 is 0 Å². The normalized spacial score (nSPS) is 10.2. The van der Waals surface area contributed by atoms with Crippen molar-refractivity contribution in [3.8, 4) is 0 Å². The van der Waals surface area contributed by atoms with E-state index in [0.29, 0.717) is 51.9 Å². The fourth-order valence-electron chi connectivity index (χ4n) is 1.85. The Hall–Kier alpha value is -1.43. The fraction of sp³-hybridized carbons (Fsp3) is 0.786. The third-order valence-electron chi connectivity index (χ3n) is 2.87. The lowest BCUT2D eigenvalue weighted by atomic mass is 10.1. The molecule has 20 heavy (non-hydrogen) atoms. The van der Waals surface area contributed by atoms with Gasteiger partial charge in [0, 0.05) is 52.4 Å². The van der Waals surface area contributed by atoms with Gasteiger partial charge in [0.1, 0.15) is 5.78 Å². The predicted molar refractivity (Wildman–Crippen MR) is 78.1 cm³/mol. The van der Waals surface area contributed by atoms with Crippen molar-refractivity contribution in [2.45, 2.75) is 46.0 Å². The quantitative estimate of drug-likeness (QED) is 0.539. The molecule has 0 saturated carbocycles. The molecule has 0 aromatic rings. The number of hydrogen-bond acceptors (Lipinski definition) is 4. The zero-order valence-corrected chi connectivity index (χ0v) is 12.6. The lowest BCUT2D eigenvalue weighted by molar-refractivity contribution is -0.131. The molecule has 0 aliphatic heterocycles. The molecule has 0 atom stereocenters. The molecule has 0 saturated heterocycles. The monoisotopic (exact) mass is 285 g/mol. The summed E-state index contributed by atoms with van der Waals surface area (Å²) in [5.74, 6) is 0.0522. The summed E-state index contributed by atoms with van der Waals surface area (Å²) < 4.78 is 0. The average Bonchev–Trinajstić information content (AvgIpc) is 2.39. The lowest BCUT2D eigenvalue weighted by Crippen LogP contribution is -2.34. The summed E-state index contributed by atoms with van der Waals surface area (Å²) in [5, 5.41) is 2.65. The van der Waals surface area contributed by atoms with E-state index in [1.807, 2.05) is 6.92 Å². The molecule has 0 unspecified atom stereocenters. The van der Waals surface area contributed by atoms with E-state index >= 15 is 0 Å². The van der Waals surface area contributed by atoms with Gasteiger partial charge in [0.05, 0.1) is 0 Å². The van der Waals surface area contributed by atoms with Gasteiger partial charge >= 0.3 is 0 Å². The molecule has 0 heterocycles. The van der Waals surface area contributed by atoms with Crippen molar-refractivity contribution in [3.05, 3.63) is 0 Å². The number of carbonyl (C=O) groups is 3. The van der Waals surface area contributed by atoms with Gasteiger partial charge in [-0.05, 0) is 12.8 Å². The van der Waals surface area contributed by atoms with Gasteiger partial charge in [-0.2, -0.15) is 0 Å². The molecular formula is C14H27N3O3. The van der Waals surface area contributed by atoms with Crippen molar-refractivity contribution in [1.29, 1.82) is 0 Å². The molecule has 0 radical (unpaired) electrons. The number of nitrogens with two attached hydrogens (primary N) is 1. The minimum Gasteiger partial charge on any atom is -0.356 e. The minimum absolute atomic E-state index is 0.0143. The van der Waals surface area contributed by atoms with Crippen LogP contribution in [0.15, 0.2) is 0 Å². The first-order chi connectivity index (χ1) is 9.51. The third-order valence-corrected chi connectivity index (χ3v) is 2.87. The second-order valence-corrected chi connectivity index (χ2v) is 4.79. The van der Waals surface area contributed by atoms with Crippen LogP contribution in [-0.4, -0.2) is 48.7 Å². The predicted octanol–water partition coefficient (Wildman–Crippen LogP) is 0.449. The van der Waals surface area contributed by atoms with E-state index in [1.165, 1.54) is 6.92 Å². The largest absolute Gasteiger partial charge is 0.356 e. The number of rotatable bonds is 11. The molecule has 3 N–H and O–H groups in total. The zero-order chi connectivity index (χ0) is 15.4. The molecule has 0 bridgehead atoms. The summed E-state index contributed by atoms with van der Waals surface area (Å²) in [6.07, 6.45) is 2.65. The van der Waals surface area contributed by atoms with Crippen molar-refractivity contribution in [2.75, 3.05) is 26.2 Å². The number of carbonyl (C=O) groups excluding carboxylic acids is 3. The summed E-state index contributed by atoms with van der Waals surface area (Å²) >= 11 is 0. The van der Waals surface area contributed by atoms with Crippen molar-refractivity contribution in [3.63, 3.8) is 0 Å². The van der Waals surface area contributed by atoms with E-state index in [2.05, 4.69) is 5.32 Å². The van der Waals surface area contributed by atoms with Crippen LogP contribution in [0, 0.1) is 0 Å². The first-order valence-corrected chi connectivity index (χ1v) is 7.25. The molecule has 6 nitrogen and oxygen atoms in total. The number of ketones is 1. The van der Waals surface area contributed by atoms with Crippen LogP contribution in [0.3, 0.4) is 0 Å². The summed E-state index contributed by atoms with van der Waals surface area (Å²) in [4.78, 5) is 35.8. The molecule has 0 rings (SSSR count). The minimum atomic E-state index is -0.0843. The van der Waals surface area contributed by atoms with Crippen LogP contribution in [0.1, 0.15) is 46.0 Å². The highest BCUT2D eigenvalue weighted by molar-refractivity contribution is 5.80. The Labute approximate surface area is 121 Å². The van der Waals surface area contributed by atoms with Crippen LogP contribution in [0.5, 0.6) is 0 Å². The number of hydrogen-bond donors (Lipinski definition) is 2. The maximum atomic E-state index is 11.8. The third kappa shape index (κ3) is 9.49. The van der Waals surface area contributed by atoms with Gasteiger partial charge in [-0.25, -0.2) is 0 Å². The number of Topliss-reactive ketones (excluding diaryl/α,β-unsaturated/α-hetero) is 1. The van der Waals surface area contributed by atoms with Crippen molar-refractivity contribution in [1.82, 2.24) is 10.2 Å². The fourth-order valence-corrected chi connectivity index (χ4v) is 1.85. The van der Waals surface area contributed by atoms with Crippen LogP contribution in [0.25, 0.3) is 0 Å². The summed E-state index contributed by atoms with van der Waals surface area (Å²) in [6, 6.07) is 0. The summed E-state index contributed by atoms with van der Waals surface area (Å²) in [7, 11) is 0. The average molecular weight is 285 g/mol. The van der Waals surface area contributed by atoms with E-state index in [9.17, 15) is 14.4 Å². The molecule has 0 aliphatic carbocycles. The molecular weight excluding hydrogens is 258 g/mol. The van der Waals surface area contributed by atoms with Gasteiger partial charge in [0.25, 0.3) is 0 Å². The highest BCUT2D eigenvalue weighted by Crippen LogP contribution is 2.01. The molecule has 6 heteroatoms. The Balaban J connectivity index is 3.92. The summed E-state index contributed by atoms with van der Waals surface area (Å²) in [6.45, 7) is 5.44. The standard InChI is InChI=1S/C14H27N3O3/c1-3-10-17(14(20)6-8-15)11-7-13(19)5-4-9-16-12(2)18/h3-11,15H2,1-2H3,(H,16,18). The highest BCUT2D eigenvalue weighted by atomic mass is 16.2. The molecule has 2 amide bonds. The Morgan fingerprint density at radius 1 is 1.10 bits per heavy atom. The van der Waals surface area contributed by atoms with Gasteiger partial charge in [-0.15, -0.1) is 0 Å². The topological polar surface area (TPSA) is 92.5 Å². The molecule has 0 fully saturated rings. The molecule has 0 aliphatic rings. The van der Waals surface area contributed by atoms with Crippen LogP contribution in [-0.2, 0) is 14.4 Å². The summed E-state index contributed by atoms with van der Waals surface area (Å²) in [5.41, 5.74) is 5.38. The van der Waals surface area contributed by atoms with Crippen molar-refractivity contribution >= 4 is 17.6 Å². The van der Waals surface area contributed by atoms with Gasteiger partial charge in [-0.3, -0.25) is 14.4 Å². The van der Waals surface area contributed by atoms with Gasteiger partial charge in [0.15, 0.2) is 0 Å². The smallest absolute Gasteiger partial charge is 0.223 e. The van der Waals surface area contributed by atoms with Crippen LogP contribution >= 0.6 is 0 Å². The Kier molecular flexibility index (Phi) is 10.6. The van der Waals surface area contributed by atoms with E-state index in [4.69, 9.17) is 5.73 Å². The second kappa shape index (κ2) is 11.4. The van der Waals surface area contributed by atoms with E-state index in [0.717, 1.165) is 6.42 Å². The Morgan fingerprint density at radius 2 is 1.80 bits per heavy atom. The molecule has 0 aromatic carbocycles. The Morgan fingerprint density at radius 3 is 2.35 bits per heavy atom. The zero-order valence-electron chi connectivity index (χ0n) is 12.6. The molecule has 116 valence electrons. The number of nitrogens with zero attached hydrogens (tertiary/aromatic N) is 1. The maximum absolute atomic E-state index is 11.8. The van der Waals surface area contributed by atoms with E-state index in [1.54, 1.807) is 4.90 Å². The van der Waals surface area contributed by atoms with Crippen LogP contribution < -0.4 is 11.1 Å².